The second-order valence-corrected chi connectivity index (χ2v) is 20.0. The van der Waals surface area contributed by atoms with Crippen molar-refractivity contribution >= 4 is 52.7 Å². The number of amides is 5. The summed E-state index contributed by atoms with van der Waals surface area (Å²) in [5.41, 5.74) is 6.51. The van der Waals surface area contributed by atoms with E-state index >= 15 is 4.79 Å². The normalized spacial score (nSPS) is 21.3. The van der Waals surface area contributed by atoms with Crippen molar-refractivity contribution < 1.29 is 33.8 Å². The fraction of sp³-hybridized carbons (Fsp3) is 0.393. The van der Waals surface area contributed by atoms with Gasteiger partial charge >= 0.3 is 0 Å². The van der Waals surface area contributed by atoms with Crippen LogP contribution in [0.15, 0.2) is 109 Å². The number of carbonyl (C=O) groups excluding carboxylic acids is 5. The van der Waals surface area contributed by atoms with Crippen LogP contribution in [-0.4, -0.2) is 124 Å². The number of aromatic nitrogens is 1. The third-order valence-corrected chi connectivity index (χ3v) is 14.5. The van der Waals surface area contributed by atoms with Gasteiger partial charge in [-0.1, -0.05) is 83.9 Å². The topological polar surface area (TPSA) is 165 Å². The van der Waals surface area contributed by atoms with Gasteiger partial charge in [-0.3, -0.25) is 33.9 Å². The highest BCUT2D eigenvalue weighted by Crippen LogP contribution is 2.33. The Hall–Kier alpha value is -6.32. The fourth-order valence-corrected chi connectivity index (χ4v) is 9.64. The lowest BCUT2D eigenvalue weighted by Gasteiger charge is -2.35. The number of aliphatic hydroxyl groups is 1. The van der Waals surface area contributed by atoms with Gasteiger partial charge in [-0.2, -0.15) is 0 Å². The number of likely N-dealkylation sites (N-methyl/N-ethyl adjacent to an activating group) is 2. The maximum Gasteiger partial charge on any atom is 0.247 e. The minimum atomic E-state index is -1.43. The Morgan fingerprint density at radius 2 is 1.43 bits per heavy atom. The summed E-state index contributed by atoms with van der Waals surface area (Å²) in [6, 6.07) is 25.3. The summed E-state index contributed by atoms with van der Waals surface area (Å²) in [6.07, 6.45) is 6.31. The molecule has 2 fully saturated rings. The molecular formula is C56H65Cl2N7O7. The van der Waals surface area contributed by atoms with E-state index in [-0.39, 0.29) is 50.6 Å². The molecule has 5 aromatic rings. The lowest BCUT2D eigenvalue weighted by molar-refractivity contribution is -0.146. The van der Waals surface area contributed by atoms with E-state index in [0.717, 1.165) is 41.9 Å². The highest BCUT2D eigenvalue weighted by atomic mass is 35.5. The van der Waals surface area contributed by atoms with Gasteiger partial charge in [-0.05, 0) is 124 Å². The van der Waals surface area contributed by atoms with Crippen molar-refractivity contribution in [2.75, 3.05) is 40.3 Å². The summed E-state index contributed by atoms with van der Waals surface area (Å²) in [5.74, 6) is -2.59. The quantitative estimate of drug-likeness (QED) is 0.114. The van der Waals surface area contributed by atoms with Crippen molar-refractivity contribution in [1.82, 2.24) is 35.2 Å². The van der Waals surface area contributed by atoms with E-state index in [2.05, 4.69) is 27.4 Å². The van der Waals surface area contributed by atoms with E-state index in [1.54, 1.807) is 49.5 Å². The maximum absolute atomic E-state index is 15.0. The van der Waals surface area contributed by atoms with Crippen LogP contribution in [0.1, 0.15) is 67.3 Å². The zero-order valence-electron chi connectivity index (χ0n) is 41.7. The Labute approximate surface area is 432 Å². The molecule has 0 radical (unpaired) electrons. The molecule has 0 spiro atoms. The van der Waals surface area contributed by atoms with E-state index in [4.69, 9.17) is 27.9 Å². The Bertz CT molecular complexity index is 2680. The van der Waals surface area contributed by atoms with Crippen LogP contribution in [0.5, 0.6) is 11.5 Å². The largest absolute Gasteiger partial charge is 0.457 e. The number of carbonyl (C=O) groups is 5. The predicted octanol–water partition coefficient (Wildman–Crippen LogP) is 7.63. The van der Waals surface area contributed by atoms with Crippen LogP contribution in [-0.2, 0) is 49.9 Å². The van der Waals surface area contributed by atoms with E-state index < -0.39 is 54.4 Å². The van der Waals surface area contributed by atoms with Gasteiger partial charge in [0.1, 0.15) is 23.6 Å². The standard InChI is InChI=1S/C56H65Cl2N7O7/c1-36-30-60-52(67)29-47(26-40-13-18-45(57)19-14-40)63(5)56(71)50(35-66)61-54(69)38(3)65(53(68)27-43(55(70)62(36)4)25-39-11-7-6-8-12-39)34-42-15-20-46(58)28-51(42)72-48-21-16-41(17-22-48)49-32-59-31-44(37(49)2)33-64-23-9-10-24-64/h6-8,11-22,28,31-32,36,38,43,47,50,66H,9-10,23-27,29-30,33-35H2,1-5H3,(H,60,67)(H,61,69)/t36-,38-,43+,47-,50-/m0/s1. The van der Waals surface area contributed by atoms with Crippen LogP contribution in [0, 0.1) is 12.8 Å². The van der Waals surface area contributed by atoms with Crippen molar-refractivity contribution in [3.8, 4) is 22.6 Å². The zero-order chi connectivity index (χ0) is 51.5. The molecule has 7 rings (SSSR count). The first-order valence-corrected chi connectivity index (χ1v) is 25.4. The van der Waals surface area contributed by atoms with Gasteiger partial charge in [0, 0.05) is 85.7 Å². The van der Waals surface area contributed by atoms with Crippen molar-refractivity contribution in [3.63, 3.8) is 0 Å². The highest BCUT2D eigenvalue weighted by molar-refractivity contribution is 6.31. The number of aliphatic hydroxyl groups excluding tert-OH is 1. The molecule has 0 aliphatic carbocycles. The molecule has 2 aliphatic heterocycles. The van der Waals surface area contributed by atoms with Crippen molar-refractivity contribution in [3.05, 3.63) is 147 Å². The van der Waals surface area contributed by atoms with Crippen molar-refractivity contribution in [2.45, 2.75) is 96.6 Å². The molecule has 0 saturated carbocycles. The maximum atomic E-state index is 15.0. The summed E-state index contributed by atoms with van der Waals surface area (Å²) in [6.45, 7) is 7.69. The second kappa shape index (κ2) is 24.9. The fourth-order valence-electron chi connectivity index (χ4n) is 9.36. The molecule has 3 N–H and O–H groups in total. The molecule has 16 heteroatoms. The van der Waals surface area contributed by atoms with Gasteiger partial charge in [0.05, 0.1) is 19.1 Å². The van der Waals surface area contributed by atoms with E-state index in [0.29, 0.717) is 27.1 Å². The highest BCUT2D eigenvalue weighted by Gasteiger charge is 2.36. The van der Waals surface area contributed by atoms with Gasteiger partial charge in [-0.15, -0.1) is 0 Å². The summed E-state index contributed by atoms with van der Waals surface area (Å²) in [7, 11) is 3.17. The number of hydrogen-bond donors (Lipinski definition) is 3. The minimum absolute atomic E-state index is 0.0991. The molecule has 0 unspecified atom stereocenters. The second-order valence-electron chi connectivity index (χ2n) is 19.1. The number of nitrogens with zero attached hydrogens (tertiary/aromatic N) is 5. The first-order valence-electron chi connectivity index (χ1n) is 24.6. The average Bonchev–Trinajstić information content (AvgIpc) is 3.90. The molecule has 2 aliphatic rings. The number of likely N-dealkylation sites (tertiary alicyclic amines) is 1. The summed E-state index contributed by atoms with van der Waals surface area (Å²) in [5, 5.41) is 17.2. The van der Waals surface area contributed by atoms with E-state index in [1.165, 1.54) is 52.6 Å². The number of nitrogens with one attached hydrogen (secondary N) is 2. The predicted molar refractivity (Wildman–Crippen MR) is 279 cm³/mol. The van der Waals surface area contributed by atoms with E-state index in [1.807, 2.05) is 73.9 Å². The molecular weight excluding hydrogens is 954 g/mol. The van der Waals surface area contributed by atoms with Crippen molar-refractivity contribution in [1.29, 1.82) is 0 Å². The summed E-state index contributed by atoms with van der Waals surface area (Å²) >= 11 is 12.8. The first-order chi connectivity index (χ1) is 34.6. The molecule has 72 heavy (non-hydrogen) atoms. The third-order valence-electron chi connectivity index (χ3n) is 14.0. The number of benzene rings is 4. The molecule has 380 valence electrons. The number of hydrogen-bond acceptors (Lipinski definition) is 9. The zero-order valence-corrected chi connectivity index (χ0v) is 43.2. The summed E-state index contributed by atoms with van der Waals surface area (Å²) < 4.78 is 6.52. The SMILES string of the molecule is Cc1c(CN2CCCC2)cncc1-c1ccc(Oc2cc(Cl)ccc2CN2C(=O)C[C@@H](Cc3ccccc3)C(=O)N(C)[C@@H](C)CNC(=O)C[C@H](Cc3ccc(Cl)cc3)N(C)C(=O)[C@H](CO)NC(=O)[C@@H]2C)cc1. The van der Waals surface area contributed by atoms with Crippen LogP contribution < -0.4 is 15.4 Å². The molecule has 2 saturated heterocycles. The van der Waals surface area contributed by atoms with Crippen molar-refractivity contribution in [2.24, 2.45) is 5.92 Å². The van der Waals surface area contributed by atoms with Crippen LogP contribution in [0.2, 0.25) is 10.0 Å². The van der Waals surface area contributed by atoms with Gasteiger partial charge < -0.3 is 35.2 Å². The average molecular weight is 1020 g/mol. The number of pyridine rings is 1. The van der Waals surface area contributed by atoms with Crippen LogP contribution in [0.4, 0.5) is 0 Å². The molecule has 1 aromatic heterocycles. The number of ether oxygens (including phenoxy) is 1. The Balaban J connectivity index is 1.20. The first kappa shape index (κ1) is 53.5. The molecule has 5 atom stereocenters. The Morgan fingerprint density at radius 1 is 0.750 bits per heavy atom. The monoisotopic (exact) mass is 1020 g/mol. The Morgan fingerprint density at radius 3 is 2.12 bits per heavy atom. The Kier molecular flexibility index (Phi) is 18.5. The lowest BCUT2D eigenvalue weighted by atomic mass is 9.93. The minimum Gasteiger partial charge on any atom is -0.457 e. The smallest absolute Gasteiger partial charge is 0.247 e. The summed E-state index contributed by atoms with van der Waals surface area (Å²) in [4.78, 5) is 83.2. The van der Waals surface area contributed by atoms with Crippen LogP contribution in [0.25, 0.3) is 11.1 Å². The van der Waals surface area contributed by atoms with Crippen LogP contribution >= 0.6 is 23.2 Å². The lowest BCUT2D eigenvalue weighted by Crippen LogP contribution is -2.57. The number of rotatable bonds is 12. The molecule has 5 amide bonds. The van der Waals surface area contributed by atoms with Crippen LogP contribution in [0.3, 0.4) is 0 Å². The van der Waals surface area contributed by atoms with Gasteiger partial charge in [0.25, 0.3) is 0 Å². The van der Waals surface area contributed by atoms with Gasteiger partial charge in [0.15, 0.2) is 0 Å². The molecule has 0 bridgehead atoms. The number of halogens is 2. The molecule has 14 nitrogen and oxygen atoms in total. The molecule has 3 heterocycles. The van der Waals surface area contributed by atoms with Gasteiger partial charge in [-0.25, -0.2) is 0 Å². The molecule has 4 aromatic carbocycles. The van der Waals surface area contributed by atoms with Gasteiger partial charge in [0.2, 0.25) is 29.5 Å². The third kappa shape index (κ3) is 13.8. The van der Waals surface area contributed by atoms with E-state index in [9.17, 15) is 24.3 Å².